The predicted molar refractivity (Wildman–Crippen MR) is 68.3 cm³/mol. The first-order valence-electron chi connectivity index (χ1n) is 6.47. The minimum absolute atomic E-state index is 0.0788. The summed E-state index contributed by atoms with van der Waals surface area (Å²) in [6.07, 6.45) is 5.64. The summed E-state index contributed by atoms with van der Waals surface area (Å²) >= 11 is 0. The van der Waals surface area contributed by atoms with E-state index in [1.54, 1.807) is 17.1 Å². The molecule has 0 unspecified atom stereocenters. The van der Waals surface area contributed by atoms with Gasteiger partial charge < -0.3 is 9.64 Å². The highest BCUT2D eigenvalue weighted by Gasteiger charge is 2.32. The van der Waals surface area contributed by atoms with Crippen LogP contribution in [0.2, 0.25) is 0 Å². The van der Waals surface area contributed by atoms with Gasteiger partial charge in [-0.2, -0.15) is 5.10 Å². The zero-order valence-electron chi connectivity index (χ0n) is 11.3. The lowest BCUT2D eigenvalue weighted by Gasteiger charge is -2.24. The fourth-order valence-corrected chi connectivity index (χ4v) is 1.94. The summed E-state index contributed by atoms with van der Waals surface area (Å²) in [5, 5.41) is 4.00. The SMILES string of the molecule is CC(C)CN(C(=O)COc1cnn(C)c1)C1CC1. The molecule has 1 aliphatic rings. The third kappa shape index (κ3) is 3.48. The fraction of sp³-hybridized carbons (Fsp3) is 0.692. The molecular formula is C13H21N3O2. The van der Waals surface area contributed by atoms with Crippen molar-refractivity contribution in [3.8, 4) is 5.75 Å². The van der Waals surface area contributed by atoms with Crippen molar-refractivity contribution in [2.75, 3.05) is 13.2 Å². The van der Waals surface area contributed by atoms with E-state index in [0.29, 0.717) is 17.7 Å². The lowest BCUT2D eigenvalue weighted by molar-refractivity contribution is -0.134. The predicted octanol–water partition coefficient (Wildman–Crippen LogP) is 1.45. The molecule has 1 heterocycles. The molecule has 1 aliphatic carbocycles. The van der Waals surface area contributed by atoms with Gasteiger partial charge in [0.25, 0.3) is 5.91 Å². The van der Waals surface area contributed by atoms with Gasteiger partial charge in [-0.25, -0.2) is 0 Å². The van der Waals surface area contributed by atoms with Crippen LogP contribution >= 0.6 is 0 Å². The molecule has 1 saturated carbocycles. The van der Waals surface area contributed by atoms with Gasteiger partial charge in [0.1, 0.15) is 0 Å². The molecule has 0 spiro atoms. The summed E-state index contributed by atoms with van der Waals surface area (Å²) < 4.78 is 7.11. The standard InChI is InChI=1S/C13H21N3O2/c1-10(2)7-16(11-4-5-11)13(17)9-18-12-6-14-15(3)8-12/h6,8,10-11H,4-5,7,9H2,1-3H3. The van der Waals surface area contributed by atoms with Crippen molar-refractivity contribution < 1.29 is 9.53 Å². The smallest absolute Gasteiger partial charge is 0.260 e. The molecule has 2 rings (SSSR count). The van der Waals surface area contributed by atoms with Crippen molar-refractivity contribution in [2.24, 2.45) is 13.0 Å². The Morgan fingerprint density at radius 2 is 2.33 bits per heavy atom. The number of nitrogens with zero attached hydrogens (tertiary/aromatic N) is 3. The van der Waals surface area contributed by atoms with E-state index >= 15 is 0 Å². The molecule has 100 valence electrons. The van der Waals surface area contributed by atoms with Gasteiger partial charge in [-0.3, -0.25) is 9.48 Å². The lowest BCUT2D eigenvalue weighted by atomic mass is 10.2. The van der Waals surface area contributed by atoms with Crippen LogP contribution in [-0.4, -0.2) is 39.8 Å². The van der Waals surface area contributed by atoms with E-state index in [0.717, 1.165) is 19.4 Å². The highest BCUT2D eigenvalue weighted by atomic mass is 16.5. The van der Waals surface area contributed by atoms with E-state index in [4.69, 9.17) is 4.74 Å². The molecule has 0 bridgehead atoms. The summed E-state index contributed by atoms with van der Waals surface area (Å²) in [5.74, 6) is 1.22. The van der Waals surface area contributed by atoms with E-state index < -0.39 is 0 Å². The van der Waals surface area contributed by atoms with Crippen LogP contribution in [0.3, 0.4) is 0 Å². The zero-order chi connectivity index (χ0) is 13.1. The molecule has 0 N–H and O–H groups in total. The van der Waals surface area contributed by atoms with Crippen LogP contribution in [0.25, 0.3) is 0 Å². The van der Waals surface area contributed by atoms with Gasteiger partial charge in [0.15, 0.2) is 12.4 Å². The van der Waals surface area contributed by atoms with Crippen molar-refractivity contribution in [3.05, 3.63) is 12.4 Å². The van der Waals surface area contributed by atoms with Gasteiger partial charge >= 0.3 is 0 Å². The zero-order valence-corrected chi connectivity index (χ0v) is 11.3. The van der Waals surface area contributed by atoms with Crippen molar-refractivity contribution >= 4 is 5.91 Å². The molecule has 0 radical (unpaired) electrons. The van der Waals surface area contributed by atoms with Crippen LogP contribution in [0.5, 0.6) is 5.75 Å². The van der Waals surface area contributed by atoms with Crippen molar-refractivity contribution in [2.45, 2.75) is 32.7 Å². The van der Waals surface area contributed by atoms with Gasteiger partial charge in [0.05, 0.1) is 12.4 Å². The first-order chi connectivity index (χ1) is 8.56. The largest absolute Gasteiger partial charge is 0.480 e. The molecule has 5 nitrogen and oxygen atoms in total. The molecule has 1 aromatic rings. The van der Waals surface area contributed by atoms with Crippen LogP contribution in [0.4, 0.5) is 0 Å². The average Bonchev–Trinajstić information content (AvgIpc) is 3.06. The fourth-order valence-electron chi connectivity index (χ4n) is 1.94. The summed E-state index contributed by atoms with van der Waals surface area (Å²) in [6, 6.07) is 0.442. The maximum absolute atomic E-state index is 12.1. The number of aromatic nitrogens is 2. The molecule has 0 atom stereocenters. The Kier molecular flexibility index (Phi) is 3.89. The topological polar surface area (TPSA) is 47.4 Å². The second-order valence-corrected chi connectivity index (χ2v) is 5.31. The minimum atomic E-state index is 0.0788. The second-order valence-electron chi connectivity index (χ2n) is 5.31. The Bertz CT molecular complexity index is 410. The summed E-state index contributed by atoms with van der Waals surface area (Å²) in [5.41, 5.74) is 0. The van der Waals surface area contributed by atoms with Crippen molar-refractivity contribution in [1.82, 2.24) is 14.7 Å². The molecule has 0 aromatic carbocycles. The Morgan fingerprint density at radius 1 is 1.61 bits per heavy atom. The molecule has 5 heteroatoms. The quantitative estimate of drug-likeness (QED) is 0.768. The van der Waals surface area contributed by atoms with E-state index in [1.807, 2.05) is 11.9 Å². The third-order valence-electron chi connectivity index (χ3n) is 2.91. The lowest BCUT2D eigenvalue weighted by Crippen LogP contribution is -2.39. The molecule has 1 amide bonds. The third-order valence-corrected chi connectivity index (χ3v) is 2.91. The number of carbonyl (C=O) groups is 1. The van der Waals surface area contributed by atoms with E-state index in [2.05, 4.69) is 18.9 Å². The minimum Gasteiger partial charge on any atom is -0.480 e. The van der Waals surface area contributed by atoms with Gasteiger partial charge in [-0.1, -0.05) is 13.8 Å². The molecule has 0 saturated heterocycles. The van der Waals surface area contributed by atoms with Crippen LogP contribution in [0.15, 0.2) is 12.4 Å². The molecule has 1 aromatic heterocycles. The van der Waals surface area contributed by atoms with E-state index in [-0.39, 0.29) is 12.5 Å². The van der Waals surface area contributed by atoms with Crippen LogP contribution in [0, 0.1) is 5.92 Å². The Balaban J connectivity index is 1.85. The highest BCUT2D eigenvalue weighted by molar-refractivity contribution is 5.78. The number of amides is 1. The van der Waals surface area contributed by atoms with E-state index in [9.17, 15) is 4.79 Å². The maximum atomic E-state index is 12.1. The number of rotatable bonds is 6. The summed E-state index contributed by atoms with van der Waals surface area (Å²) in [6.45, 7) is 5.18. The van der Waals surface area contributed by atoms with Crippen LogP contribution in [0.1, 0.15) is 26.7 Å². The van der Waals surface area contributed by atoms with Crippen LogP contribution in [-0.2, 0) is 11.8 Å². The highest BCUT2D eigenvalue weighted by Crippen LogP contribution is 2.27. The number of hydrogen-bond acceptors (Lipinski definition) is 3. The molecule has 18 heavy (non-hydrogen) atoms. The summed E-state index contributed by atoms with van der Waals surface area (Å²) in [4.78, 5) is 14.1. The maximum Gasteiger partial charge on any atom is 0.260 e. The Hall–Kier alpha value is -1.52. The first kappa shape index (κ1) is 12.9. The average molecular weight is 251 g/mol. The van der Waals surface area contributed by atoms with Gasteiger partial charge in [-0.15, -0.1) is 0 Å². The monoisotopic (exact) mass is 251 g/mol. The van der Waals surface area contributed by atoms with Gasteiger partial charge in [0.2, 0.25) is 0 Å². The second kappa shape index (κ2) is 5.42. The number of hydrogen-bond donors (Lipinski definition) is 0. The number of aryl methyl sites for hydroxylation is 1. The number of ether oxygens (including phenoxy) is 1. The van der Waals surface area contributed by atoms with Crippen molar-refractivity contribution in [3.63, 3.8) is 0 Å². The van der Waals surface area contributed by atoms with Crippen LogP contribution < -0.4 is 4.74 Å². The van der Waals surface area contributed by atoms with Gasteiger partial charge in [-0.05, 0) is 18.8 Å². The molecular weight excluding hydrogens is 230 g/mol. The molecule has 0 aliphatic heterocycles. The Labute approximate surface area is 108 Å². The van der Waals surface area contributed by atoms with Crippen molar-refractivity contribution in [1.29, 1.82) is 0 Å². The molecule has 1 fully saturated rings. The van der Waals surface area contributed by atoms with E-state index in [1.165, 1.54) is 0 Å². The van der Waals surface area contributed by atoms with Gasteiger partial charge in [0, 0.05) is 19.6 Å². The first-order valence-corrected chi connectivity index (χ1v) is 6.47. The Morgan fingerprint density at radius 3 is 2.83 bits per heavy atom. The summed E-state index contributed by atoms with van der Waals surface area (Å²) in [7, 11) is 1.82. The number of carbonyl (C=O) groups excluding carboxylic acids is 1. The normalized spacial score (nSPS) is 14.9.